The summed E-state index contributed by atoms with van der Waals surface area (Å²) in [5, 5.41) is 13.5. The Morgan fingerprint density at radius 3 is 2.75 bits per heavy atom. The fourth-order valence-corrected chi connectivity index (χ4v) is 1.74. The van der Waals surface area contributed by atoms with E-state index >= 15 is 0 Å². The highest BCUT2D eigenvalue weighted by atomic mass is 35.5. The van der Waals surface area contributed by atoms with E-state index in [2.05, 4.69) is 10.1 Å². The maximum absolute atomic E-state index is 11.5. The maximum atomic E-state index is 11.5. The van der Waals surface area contributed by atoms with Gasteiger partial charge in [-0.1, -0.05) is 18.5 Å². The number of nitrogens with zero attached hydrogens (tertiary/aromatic N) is 1. The second-order valence-corrected chi connectivity index (χ2v) is 4.22. The number of rotatable bonds is 7. The number of carbonyl (C=O) groups excluding carboxylic acids is 1. The Morgan fingerprint density at radius 2 is 2.25 bits per heavy atom. The van der Waals surface area contributed by atoms with E-state index in [4.69, 9.17) is 16.3 Å². The monoisotopic (exact) mass is 302 g/mol. The molecule has 1 atom stereocenters. The van der Waals surface area contributed by atoms with Crippen LogP contribution in [0.15, 0.2) is 18.2 Å². The standard InChI is InChI=1S/C12H15ClN2O5/c1-3-14-10(12(16)19-2)7-20-8-4-5-11(15(17)18)9(13)6-8/h4-6,10,14H,3,7H2,1-2H3. The highest BCUT2D eigenvalue weighted by Gasteiger charge is 2.19. The third-order valence-corrected chi connectivity index (χ3v) is 2.77. The summed E-state index contributed by atoms with van der Waals surface area (Å²) in [5.74, 6) is -0.104. The molecule has 110 valence electrons. The fraction of sp³-hybridized carbons (Fsp3) is 0.417. The summed E-state index contributed by atoms with van der Waals surface area (Å²) in [6, 6.07) is 3.39. The van der Waals surface area contributed by atoms with Gasteiger partial charge in [0.15, 0.2) is 0 Å². The molecule has 0 saturated carbocycles. The van der Waals surface area contributed by atoms with Crippen LogP contribution in [-0.4, -0.2) is 37.2 Å². The van der Waals surface area contributed by atoms with Crippen molar-refractivity contribution in [2.24, 2.45) is 0 Å². The second kappa shape index (κ2) is 7.66. The Balaban J connectivity index is 2.71. The Bertz CT molecular complexity index is 495. The van der Waals surface area contributed by atoms with Gasteiger partial charge >= 0.3 is 5.97 Å². The number of benzene rings is 1. The molecule has 0 aliphatic rings. The van der Waals surface area contributed by atoms with Crippen molar-refractivity contribution in [1.82, 2.24) is 5.32 Å². The molecule has 1 rings (SSSR count). The van der Waals surface area contributed by atoms with Crippen molar-refractivity contribution in [2.75, 3.05) is 20.3 Å². The number of ether oxygens (including phenoxy) is 2. The minimum atomic E-state index is -0.612. The van der Waals surface area contributed by atoms with Gasteiger partial charge in [-0.2, -0.15) is 0 Å². The molecule has 1 unspecified atom stereocenters. The van der Waals surface area contributed by atoms with Crippen molar-refractivity contribution < 1.29 is 19.2 Å². The van der Waals surface area contributed by atoms with Crippen molar-refractivity contribution in [1.29, 1.82) is 0 Å². The van der Waals surface area contributed by atoms with E-state index in [1.807, 2.05) is 6.92 Å². The van der Waals surface area contributed by atoms with Crippen LogP contribution in [0.3, 0.4) is 0 Å². The minimum absolute atomic E-state index is 0.0226. The first-order valence-electron chi connectivity index (χ1n) is 5.87. The van der Waals surface area contributed by atoms with Gasteiger partial charge in [0.1, 0.15) is 23.4 Å². The minimum Gasteiger partial charge on any atom is -0.491 e. The molecule has 1 aromatic carbocycles. The molecule has 0 aliphatic heterocycles. The van der Waals surface area contributed by atoms with Gasteiger partial charge in [0.2, 0.25) is 0 Å². The van der Waals surface area contributed by atoms with Crippen LogP contribution < -0.4 is 10.1 Å². The highest BCUT2D eigenvalue weighted by Crippen LogP contribution is 2.28. The van der Waals surface area contributed by atoms with E-state index in [-0.39, 0.29) is 17.3 Å². The zero-order valence-electron chi connectivity index (χ0n) is 11.1. The first-order chi connectivity index (χ1) is 9.49. The topological polar surface area (TPSA) is 90.7 Å². The summed E-state index contributed by atoms with van der Waals surface area (Å²) >= 11 is 5.76. The summed E-state index contributed by atoms with van der Waals surface area (Å²) in [5.41, 5.74) is -0.199. The molecule has 0 aromatic heterocycles. The molecule has 0 fully saturated rings. The smallest absolute Gasteiger partial charge is 0.326 e. The third kappa shape index (κ3) is 4.36. The first-order valence-corrected chi connectivity index (χ1v) is 6.25. The van der Waals surface area contributed by atoms with Crippen LogP contribution in [0.2, 0.25) is 5.02 Å². The quantitative estimate of drug-likeness (QED) is 0.469. The number of nitrogens with one attached hydrogen (secondary N) is 1. The van der Waals surface area contributed by atoms with Gasteiger partial charge in [-0.3, -0.25) is 14.9 Å². The van der Waals surface area contributed by atoms with Crippen molar-refractivity contribution in [3.05, 3.63) is 33.3 Å². The Labute approximate surface area is 121 Å². The molecule has 0 aliphatic carbocycles. The number of carbonyl (C=O) groups is 1. The van der Waals surface area contributed by atoms with Crippen molar-refractivity contribution in [2.45, 2.75) is 13.0 Å². The number of likely N-dealkylation sites (N-methyl/N-ethyl adjacent to an activating group) is 1. The van der Waals surface area contributed by atoms with Crippen LogP contribution in [0, 0.1) is 10.1 Å². The summed E-state index contributed by atoms with van der Waals surface area (Å²) in [4.78, 5) is 21.5. The maximum Gasteiger partial charge on any atom is 0.326 e. The van der Waals surface area contributed by atoms with Gasteiger partial charge in [-0.05, 0) is 12.6 Å². The lowest BCUT2D eigenvalue weighted by molar-refractivity contribution is -0.384. The van der Waals surface area contributed by atoms with Gasteiger partial charge in [0.05, 0.1) is 12.0 Å². The third-order valence-electron chi connectivity index (χ3n) is 2.47. The summed E-state index contributed by atoms with van der Waals surface area (Å²) in [6.45, 7) is 2.46. The predicted molar refractivity (Wildman–Crippen MR) is 73.1 cm³/mol. The molecular formula is C12H15ClN2O5. The van der Waals surface area contributed by atoms with Crippen molar-refractivity contribution in [3.63, 3.8) is 0 Å². The summed E-state index contributed by atoms with van der Waals surface area (Å²) < 4.78 is 10.0. The molecule has 7 nitrogen and oxygen atoms in total. The lowest BCUT2D eigenvalue weighted by Crippen LogP contribution is -2.42. The van der Waals surface area contributed by atoms with Crippen LogP contribution in [0.25, 0.3) is 0 Å². The highest BCUT2D eigenvalue weighted by molar-refractivity contribution is 6.32. The normalized spacial score (nSPS) is 11.8. The number of nitro groups is 1. The Hall–Kier alpha value is -1.86. The lowest BCUT2D eigenvalue weighted by Gasteiger charge is -2.16. The molecule has 20 heavy (non-hydrogen) atoms. The van der Waals surface area contributed by atoms with E-state index in [0.29, 0.717) is 12.3 Å². The molecule has 0 bridgehead atoms. The molecule has 1 aromatic rings. The van der Waals surface area contributed by atoms with Crippen molar-refractivity contribution >= 4 is 23.3 Å². The Morgan fingerprint density at radius 1 is 1.55 bits per heavy atom. The van der Waals surface area contributed by atoms with Crippen LogP contribution in [0.5, 0.6) is 5.75 Å². The average molecular weight is 303 g/mol. The lowest BCUT2D eigenvalue weighted by atomic mass is 10.3. The SMILES string of the molecule is CCNC(COc1ccc([N+](=O)[O-])c(Cl)c1)C(=O)OC. The van der Waals surface area contributed by atoms with E-state index in [0.717, 1.165) is 0 Å². The van der Waals surface area contributed by atoms with Crippen LogP contribution in [-0.2, 0) is 9.53 Å². The van der Waals surface area contributed by atoms with Gasteiger partial charge < -0.3 is 14.8 Å². The van der Waals surface area contributed by atoms with E-state index in [9.17, 15) is 14.9 Å². The second-order valence-electron chi connectivity index (χ2n) is 3.81. The largest absolute Gasteiger partial charge is 0.491 e. The van der Waals surface area contributed by atoms with E-state index in [1.165, 1.54) is 25.3 Å². The summed E-state index contributed by atoms with van der Waals surface area (Å²) in [7, 11) is 1.29. The molecular weight excluding hydrogens is 288 g/mol. The fourth-order valence-electron chi connectivity index (χ4n) is 1.50. The molecule has 8 heteroatoms. The number of halogens is 1. The number of esters is 1. The number of hydrogen-bond acceptors (Lipinski definition) is 6. The molecule has 0 amide bonds. The van der Waals surface area contributed by atoms with Crippen molar-refractivity contribution in [3.8, 4) is 5.75 Å². The van der Waals surface area contributed by atoms with Gasteiger partial charge in [0, 0.05) is 12.1 Å². The average Bonchev–Trinajstić information content (AvgIpc) is 2.42. The van der Waals surface area contributed by atoms with Gasteiger partial charge in [-0.15, -0.1) is 0 Å². The van der Waals surface area contributed by atoms with Gasteiger partial charge in [0.25, 0.3) is 5.69 Å². The molecule has 0 radical (unpaired) electrons. The van der Waals surface area contributed by atoms with E-state index in [1.54, 1.807) is 0 Å². The zero-order chi connectivity index (χ0) is 15.1. The van der Waals surface area contributed by atoms with Crippen LogP contribution in [0.4, 0.5) is 5.69 Å². The number of methoxy groups -OCH3 is 1. The molecule has 0 spiro atoms. The molecule has 1 N–H and O–H groups in total. The number of nitro benzene ring substituents is 1. The zero-order valence-corrected chi connectivity index (χ0v) is 11.8. The number of hydrogen-bond donors (Lipinski definition) is 1. The van der Waals surface area contributed by atoms with Crippen LogP contribution in [0.1, 0.15) is 6.92 Å². The summed E-state index contributed by atoms with van der Waals surface area (Å²) in [6.07, 6.45) is 0. The van der Waals surface area contributed by atoms with Crippen LogP contribution >= 0.6 is 11.6 Å². The van der Waals surface area contributed by atoms with Gasteiger partial charge in [-0.25, -0.2) is 0 Å². The first kappa shape index (κ1) is 16.2. The van der Waals surface area contributed by atoms with E-state index < -0.39 is 16.9 Å². The Kier molecular flexibility index (Phi) is 6.20. The predicted octanol–water partition coefficient (Wildman–Crippen LogP) is 1.78. The molecule has 0 heterocycles. The molecule has 0 saturated heterocycles.